The van der Waals surface area contributed by atoms with Crippen LogP contribution in [0.3, 0.4) is 0 Å². The van der Waals surface area contributed by atoms with Gasteiger partial charge in [0.1, 0.15) is 5.60 Å². The molecule has 4 nitrogen and oxygen atoms in total. The van der Waals surface area contributed by atoms with E-state index in [4.69, 9.17) is 9.16 Å². The van der Waals surface area contributed by atoms with Crippen LogP contribution >= 0.6 is 0 Å². The molecule has 2 rings (SSSR count). The molecule has 0 aliphatic heterocycles. The first-order chi connectivity index (χ1) is 14.8. The van der Waals surface area contributed by atoms with Gasteiger partial charge in [-0.2, -0.15) is 0 Å². The van der Waals surface area contributed by atoms with E-state index in [1.807, 2.05) is 27.7 Å². The molecule has 0 aliphatic carbocycles. The van der Waals surface area contributed by atoms with Crippen molar-refractivity contribution >= 4 is 15.1 Å². The lowest BCUT2D eigenvalue weighted by Crippen LogP contribution is -2.36. The Morgan fingerprint density at radius 3 is 2.28 bits per heavy atom. The van der Waals surface area contributed by atoms with Crippen molar-refractivity contribution < 1.29 is 14.0 Å². The highest BCUT2D eigenvalue weighted by Gasteiger charge is 2.23. The van der Waals surface area contributed by atoms with Crippen molar-refractivity contribution in [2.45, 2.75) is 85.7 Å². The first-order valence-electron chi connectivity index (χ1n) is 11.6. The average molecular weight is 456 g/mol. The van der Waals surface area contributed by atoms with Gasteiger partial charge in [-0.05, 0) is 86.2 Å². The van der Waals surface area contributed by atoms with E-state index in [0.717, 1.165) is 5.56 Å². The molecule has 2 aromatic carbocycles. The summed E-state index contributed by atoms with van der Waals surface area (Å²) in [6.45, 7) is 20.6. The van der Waals surface area contributed by atoms with Crippen LogP contribution in [0.25, 0.3) is 11.1 Å². The summed E-state index contributed by atoms with van der Waals surface area (Å²) < 4.78 is 11.8. The van der Waals surface area contributed by atoms with Gasteiger partial charge in [0.25, 0.3) is 0 Å². The van der Waals surface area contributed by atoms with Crippen LogP contribution in [-0.2, 0) is 22.3 Å². The van der Waals surface area contributed by atoms with Crippen LogP contribution in [0.5, 0.6) is 0 Å². The molecule has 0 bridgehead atoms. The second-order valence-electron chi connectivity index (χ2n) is 10.7. The molecule has 0 aliphatic rings. The van der Waals surface area contributed by atoms with Crippen molar-refractivity contribution in [1.82, 2.24) is 4.90 Å². The predicted molar refractivity (Wildman–Crippen MR) is 136 cm³/mol. The molecule has 1 unspecified atom stereocenters. The number of carbonyl (C=O) groups excluding carboxylic acids is 1. The molecule has 1 atom stereocenters. The molecule has 0 saturated carbocycles. The molecule has 0 saturated heterocycles. The van der Waals surface area contributed by atoms with E-state index in [-0.39, 0.29) is 11.1 Å². The van der Waals surface area contributed by atoms with E-state index in [9.17, 15) is 4.79 Å². The molecule has 0 heterocycles. The molecule has 0 aromatic heterocycles. The summed E-state index contributed by atoms with van der Waals surface area (Å²) in [5, 5.41) is 0.252. The lowest BCUT2D eigenvalue weighted by atomic mass is 9.96. The molecule has 1 amide bonds. The van der Waals surface area contributed by atoms with Crippen LogP contribution in [0.15, 0.2) is 42.5 Å². The van der Waals surface area contributed by atoms with Crippen LogP contribution in [-0.4, -0.2) is 32.2 Å². The van der Waals surface area contributed by atoms with E-state index in [2.05, 4.69) is 76.7 Å². The van der Waals surface area contributed by atoms with Gasteiger partial charge in [0.2, 0.25) is 0 Å². The summed E-state index contributed by atoms with van der Waals surface area (Å²) in [4.78, 5) is 14.3. The van der Waals surface area contributed by atoms with E-state index < -0.39 is 14.6 Å². The quantitative estimate of drug-likeness (QED) is 0.418. The molecule has 0 spiro atoms. The number of rotatable bonds is 7. The van der Waals surface area contributed by atoms with Gasteiger partial charge in [-0.25, -0.2) is 4.79 Å². The predicted octanol–water partition coefficient (Wildman–Crippen LogP) is 7.09. The maximum absolute atomic E-state index is 12.6. The van der Waals surface area contributed by atoms with Gasteiger partial charge >= 0.3 is 6.09 Å². The first-order valence-corrected chi connectivity index (χ1v) is 13.8. The zero-order valence-electron chi connectivity index (χ0n) is 21.4. The van der Waals surface area contributed by atoms with Crippen molar-refractivity contribution in [2.24, 2.45) is 0 Å². The Kier molecular flexibility index (Phi) is 8.72. The summed E-state index contributed by atoms with van der Waals surface area (Å²) in [5.41, 5.74) is 5.36. The fourth-order valence-electron chi connectivity index (χ4n) is 3.23. The number of hydrogen-bond donors (Lipinski definition) is 0. The minimum absolute atomic E-state index is 0.252. The van der Waals surface area contributed by atoms with Crippen molar-refractivity contribution in [3.8, 4) is 11.1 Å². The van der Waals surface area contributed by atoms with E-state index >= 15 is 0 Å². The maximum Gasteiger partial charge on any atom is 0.410 e. The van der Waals surface area contributed by atoms with Gasteiger partial charge in [-0.15, -0.1) is 0 Å². The summed E-state index contributed by atoms with van der Waals surface area (Å²) in [7, 11) is -1.26. The Labute approximate surface area is 196 Å². The van der Waals surface area contributed by atoms with Gasteiger partial charge in [0, 0.05) is 13.1 Å². The summed E-state index contributed by atoms with van der Waals surface area (Å²) in [5.74, 6) is 0. The largest absolute Gasteiger partial charge is 0.444 e. The Balaban J connectivity index is 2.21. The minimum atomic E-state index is -1.26. The second-order valence-corrected chi connectivity index (χ2v) is 14.0. The SMILES string of the molecule is CCN(Cc1ccc(C)c(-c2cccc(CO[SiH](C)C(C)(C)C)c2)c1)C(=O)OC(C)(C)C. The first kappa shape index (κ1) is 26.1. The molecular formula is C27H41NO3Si. The molecule has 5 heteroatoms. The number of aryl methyl sites for hydroxylation is 1. The van der Waals surface area contributed by atoms with Gasteiger partial charge in [-0.3, -0.25) is 0 Å². The molecule has 32 heavy (non-hydrogen) atoms. The average Bonchev–Trinajstić information content (AvgIpc) is 2.69. The van der Waals surface area contributed by atoms with Gasteiger partial charge in [0.05, 0.1) is 6.61 Å². The maximum atomic E-state index is 12.6. The number of nitrogens with zero attached hydrogens (tertiary/aromatic N) is 1. The third-order valence-electron chi connectivity index (χ3n) is 5.67. The van der Waals surface area contributed by atoms with Crippen molar-refractivity contribution in [3.05, 3.63) is 59.2 Å². The summed E-state index contributed by atoms with van der Waals surface area (Å²) >= 11 is 0. The molecule has 176 valence electrons. The van der Waals surface area contributed by atoms with Crippen molar-refractivity contribution in [3.63, 3.8) is 0 Å². The Morgan fingerprint density at radius 2 is 1.69 bits per heavy atom. The number of carbonyl (C=O) groups is 1. The third-order valence-corrected chi connectivity index (χ3v) is 8.77. The highest BCUT2D eigenvalue weighted by Crippen LogP contribution is 2.29. The van der Waals surface area contributed by atoms with Gasteiger partial charge < -0.3 is 14.1 Å². The van der Waals surface area contributed by atoms with Crippen molar-refractivity contribution in [2.75, 3.05) is 6.54 Å². The standard InChI is InChI=1S/C27H41NO3Si/c1-10-28(25(29)31-26(3,4)5)18-21-15-14-20(2)24(17-21)23-13-11-12-22(16-23)19-30-32(9)27(6,7)8/h11-17,32H,10,18-19H2,1-9H3. The fraction of sp³-hybridized carbons (Fsp3) is 0.519. The Bertz CT molecular complexity index is 912. The molecule has 0 radical (unpaired) electrons. The lowest BCUT2D eigenvalue weighted by Gasteiger charge is -2.27. The monoisotopic (exact) mass is 455 g/mol. The van der Waals surface area contributed by atoms with Crippen LogP contribution in [0.1, 0.15) is 65.2 Å². The normalized spacial score (nSPS) is 13.0. The number of amides is 1. The summed E-state index contributed by atoms with van der Waals surface area (Å²) in [6.07, 6.45) is -0.279. The fourth-order valence-corrected chi connectivity index (χ4v) is 4.17. The summed E-state index contributed by atoms with van der Waals surface area (Å²) in [6, 6.07) is 15.0. The minimum Gasteiger partial charge on any atom is -0.444 e. The van der Waals surface area contributed by atoms with E-state index in [0.29, 0.717) is 19.7 Å². The van der Waals surface area contributed by atoms with E-state index in [1.165, 1.54) is 22.3 Å². The number of benzene rings is 2. The van der Waals surface area contributed by atoms with Crippen molar-refractivity contribution in [1.29, 1.82) is 0 Å². The number of ether oxygens (including phenoxy) is 1. The Hall–Kier alpha value is -2.11. The van der Waals surface area contributed by atoms with Crippen LogP contribution in [0, 0.1) is 6.92 Å². The molecule has 2 aromatic rings. The molecule has 0 N–H and O–H groups in total. The zero-order valence-corrected chi connectivity index (χ0v) is 22.6. The highest BCUT2D eigenvalue weighted by molar-refractivity contribution is 6.53. The van der Waals surface area contributed by atoms with E-state index in [1.54, 1.807) is 4.90 Å². The zero-order chi connectivity index (χ0) is 24.1. The van der Waals surface area contributed by atoms with Crippen LogP contribution in [0.2, 0.25) is 11.6 Å². The highest BCUT2D eigenvalue weighted by atomic mass is 28.3. The Morgan fingerprint density at radius 1 is 1.00 bits per heavy atom. The molecular weight excluding hydrogens is 414 g/mol. The lowest BCUT2D eigenvalue weighted by molar-refractivity contribution is 0.0244. The topological polar surface area (TPSA) is 38.8 Å². The second kappa shape index (κ2) is 10.7. The van der Waals surface area contributed by atoms with Gasteiger partial charge in [-0.1, -0.05) is 51.1 Å². The van der Waals surface area contributed by atoms with Crippen LogP contribution < -0.4 is 0 Å². The smallest absolute Gasteiger partial charge is 0.410 e. The van der Waals surface area contributed by atoms with Gasteiger partial charge in [0.15, 0.2) is 9.04 Å². The molecule has 0 fully saturated rings. The van der Waals surface area contributed by atoms with Crippen LogP contribution in [0.4, 0.5) is 4.79 Å². The number of hydrogen-bond acceptors (Lipinski definition) is 3. The third kappa shape index (κ3) is 7.79.